The second-order valence-corrected chi connectivity index (χ2v) is 3.48. The summed E-state index contributed by atoms with van der Waals surface area (Å²) in [6, 6.07) is 11.7. The summed E-state index contributed by atoms with van der Waals surface area (Å²) in [5.74, 6) is 0. The van der Waals surface area contributed by atoms with E-state index in [0.29, 0.717) is 0 Å². The van der Waals surface area contributed by atoms with Crippen molar-refractivity contribution in [2.45, 2.75) is 0 Å². The molecule has 3 heteroatoms. The molecule has 3 aromatic heterocycles. The molecule has 0 aliphatic heterocycles. The molecule has 76 valence electrons. The minimum atomic E-state index is 0.888. The molecular formula is C13H9N3. The molecule has 3 heterocycles. The van der Waals surface area contributed by atoms with Crippen LogP contribution in [-0.4, -0.2) is 15.0 Å². The average molecular weight is 207 g/mol. The van der Waals surface area contributed by atoms with E-state index in [-0.39, 0.29) is 0 Å². The molecule has 0 bridgehead atoms. The van der Waals surface area contributed by atoms with Crippen LogP contribution in [0.3, 0.4) is 0 Å². The van der Waals surface area contributed by atoms with Gasteiger partial charge in [-0.05, 0) is 30.3 Å². The lowest BCUT2D eigenvalue weighted by Crippen LogP contribution is -1.87. The number of hydrogen-bond acceptors (Lipinski definition) is 3. The maximum absolute atomic E-state index is 4.54. The highest BCUT2D eigenvalue weighted by molar-refractivity contribution is 5.79. The van der Waals surface area contributed by atoms with Gasteiger partial charge in [0.1, 0.15) is 0 Å². The SMILES string of the molecule is c1ccc(-c2ccc3cnccc3n2)nc1. The lowest BCUT2D eigenvalue weighted by atomic mass is 10.2. The van der Waals surface area contributed by atoms with Crippen LogP contribution < -0.4 is 0 Å². The fourth-order valence-electron chi connectivity index (χ4n) is 1.62. The van der Waals surface area contributed by atoms with Crippen molar-refractivity contribution in [2.75, 3.05) is 0 Å². The van der Waals surface area contributed by atoms with Gasteiger partial charge in [0.25, 0.3) is 0 Å². The molecule has 16 heavy (non-hydrogen) atoms. The smallest absolute Gasteiger partial charge is 0.0893 e. The standard InChI is InChI=1S/C13H9N3/c1-2-7-15-12(3-1)13-5-4-10-9-14-8-6-11(10)16-13/h1-9H. The van der Waals surface area contributed by atoms with Gasteiger partial charge in [0.15, 0.2) is 0 Å². The fraction of sp³-hybridized carbons (Fsp3) is 0. The van der Waals surface area contributed by atoms with E-state index in [9.17, 15) is 0 Å². The van der Waals surface area contributed by atoms with E-state index in [2.05, 4.69) is 15.0 Å². The number of fused-ring (bicyclic) bond motifs is 1. The van der Waals surface area contributed by atoms with Crippen molar-refractivity contribution in [1.29, 1.82) is 0 Å². The molecule has 3 rings (SSSR count). The van der Waals surface area contributed by atoms with E-state index in [1.165, 1.54) is 0 Å². The van der Waals surface area contributed by atoms with E-state index in [4.69, 9.17) is 0 Å². The Morgan fingerprint density at radius 1 is 0.812 bits per heavy atom. The minimum absolute atomic E-state index is 0.888. The Bertz CT molecular complexity index is 620. The molecule has 0 N–H and O–H groups in total. The Balaban J connectivity index is 2.19. The van der Waals surface area contributed by atoms with E-state index >= 15 is 0 Å². The first-order chi connectivity index (χ1) is 7.93. The molecule has 0 amide bonds. The Morgan fingerprint density at radius 3 is 2.69 bits per heavy atom. The Labute approximate surface area is 92.8 Å². The van der Waals surface area contributed by atoms with Crippen LogP contribution in [0, 0.1) is 0 Å². The molecule has 0 aliphatic carbocycles. The number of hydrogen-bond donors (Lipinski definition) is 0. The van der Waals surface area contributed by atoms with Gasteiger partial charge in [-0.15, -0.1) is 0 Å². The third-order valence-corrected chi connectivity index (χ3v) is 2.42. The molecule has 0 aromatic carbocycles. The van der Waals surface area contributed by atoms with E-state index in [0.717, 1.165) is 22.3 Å². The summed E-state index contributed by atoms with van der Waals surface area (Å²) >= 11 is 0. The van der Waals surface area contributed by atoms with Gasteiger partial charge >= 0.3 is 0 Å². The molecule has 0 unspecified atom stereocenters. The third kappa shape index (κ3) is 1.52. The summed E-state index contributed by atoms with van der Waals surface area (Å²) in [6.07, 6.45) is 5.33. The van der Waals surface area contributed by atoms with Gasteiger partial charge in [-0.1, -0.05) is 6.07 Å². The zero-order valence-electron chi connectivity index (χ0n) is 8.54. The number of nitrogens with zero attached hydrogens (tertiary/aromatic N) is 3. The molecule has 0 fully saturated rings. The highest BCUT2D eigenvalue weighted by Gasteiger charge is 2.01. The molecular weight excluding hydrogens is 198 g/mol. The average Bonchev–Trinajstić information content (AvgIpc) is 2.39. The van der Waals surface area contributed by atoms with Gasteiger partial charge in [0.2, 0.25) is 0 Å². The number of rotatable bonds is 1. The van der Waals surface area contributed by atoms with Crippen LogP contribution in [0.5, 0.6) is 0 Å². The van der Waals surface area contributed by atoms with Crippen molar-refractivity contribution < 1.29 is 0 Å². The fourth-order valence-corrected chi connectivity index (χ4v) is 1.62. The van der Waals surface area contributed by atoms with Crippen molar-refractivity contribution in [3.8, 4) is 11.4 Å². The van der Waals surface area contributed by atoms with Crippen LogP contribution in [0.2, 0.25) is 0 Å². The second-order valence-electron chi connectivity index (χ2n) is 3.48. The molecule has 0 saturated carbocycles. The van der Waals surface area contributed by atoms with Gasteiger partial charge in [-0.2, -0.15) is 0 Å². The largest absolute Gasteiger partial charge is 0.264 e. The van der Waals surface area contributed by atoms with Gasteiger partial charge in [0, 0.05) is 24.0 Å². The monoisotopic (exact) mass is 207 g/mol. The third-order valence-electron chi connectivity index (χ3n) is 2.42. The van der Waals surface area contributed by atoms with Crippen molar-refractivity contribution in [1.82, 2.24) is 15.0 Å². The molecule has 0 radical (unpaired) electrons. The number of aromatic nitrogens is 3. The maximum atomic E-state index is 4.54. The summed E-state index contributed by atoms with van der Waals surface area (Å²) in [4.78, 5) is 12.9. The van der Waals surface area contributed by atoms with Crippen molar-refractivity contribution in [2.24, 2.45) is 0 Å². The molecule has 3 aromatic rings. The first-order valence-corrected chi connectivity index (χ1v) is 5.06. The summed E-state index contributed by atoms with van der Waals surface area (Å²) in [5.41, 5.74) is 2.72. The van der Waals surface area contributed by atoms with Crippen LogP contribution >= 0.6 is 0 Å². The van der Waals surface area contributed by atoms with E-state index in [1.54, 1.807) is 12.4 Å². The van der Waals surface area contributed by atoms with Gasteiger partial charge in [0.05, 0.1) is 16.9 Å². The maximum Gasteiger partial charge on any atom is 0.0893 e. The van der Waals surface area contributed by atoms with Crippen LogP contribution in [0.4, 0.5) is 0 Å². The molecule has 0 spiro atoms. The predicted octanol–water partition coefficient (Wildman–Crippen LogP) is 2.69. The zero-order valence-corrected chi connectivity index (χ0v) is 8.54. The highest BCUT2D eigenvalue weighted by atomic mass is 14.8. The van der Waals surface area contributed by atoms with Crippen LogP contribution in [0.15, 0.2) is 55.0 Å². The topological polar surface area (TPSA) is 38.7 Å². The lowest BCUT2D eigenvalue weighted by molar-refractivity contribution is 1.27. The Hall–Kier alpha value is -2.29. The van der Waals surface area contributed by atoms with E-state index < -0.39 is 0 Å². The first kappa shape index (κ1) is 8.97. The van der Waals surface area contributed by atoms with Crippen molar-refractivity contribution >= 4 is 10.9 Å². The van der Waals surface area contributed by atoms with Gasteiger partial charge < -0.3 is 0 Å². The quantitative estimate of drug-likeness (QED) is 0.615. The Kier molecular flexibility index (Phi) is 2.07. The number of pyridine rings is 3. The summed E-state index contributed by atoms with van der Waals surface area (Å²) < 4.78 is 0. The normalized spacial score (nSPS) is 10.5. The lowest BCUT2D eigenvalue weighted by Gasteiger charge is -2.01. The van der Waals surface area contributed by atoms with Crippen molar-refractivity contribution in [3.63, 3.8) is 0 Å². The second kappa shape index (κ2) is 3.70. The molecule has 0 aliphatic rings. The van der Waals surface area contributed by atoms with Crippen molar-refractivity contribution in [3.05, 3.63) is 55.0 Å². The zero-order chi connectivity index (χ0) is 10.8. The highest BCUT2D eigenvalue weighted by Crippen LogP contribution is 2.17. The molecule has 0 atom stereocenters. The van der Waals surface area contributed by atoms with Crippen LogP contribution in [-0.2, 0) is 0 Å². The minimum Gasteiger partial charge on any atom is -0.264 e. The molecule has 3 nitrogen and oxygen atoms in total. The van der Waals surface area contributed by atoms with Gasteiger partial charge in [-0.25, -0.2) is 4.98 Å². The van der Waals surface area contributed by atoms with Gasteiger partial charge in [-0.3, -0.25) is 9.97 Å². The summed E-state index contributed by atoms with van der Waals surface area (Å²) in [5, 5.41) is 1.04. The Morgan fingerprint density at radius 2 is 1.81 bits per heavy atom. The first-order valence-electron chi connectivity index (χ1n) is 5.06. The van der Waals surface area contributed by atoms with Crippen LogP contribution in [0.25, 0.3) is 22.3 Å². The summed E-state index contributed by atoms with van der Waals surface area (Å²) in [6.45, 7) is 0. The molecule has 0 saturated heterocycles. The van der Waals surface area contributed by atoms with E-state index in [1.807, 2.05) is 42.6 Å². The van der Waals surface area contributed by atoms with Crippen LogP contribution in [0.1, 0.15) is 0 Å². The summed E-state index contributed by atoms with van der Waals surface area (Å²) in [7, 11) is 0. The predicted molar refractivity (Wildman–Crippen MR) is 62.8 cm³/mol.